The zero-order valence-corrected chi connectivity index (χ0v) is 9.95. The molecule has 0 radical (unpaired) electrons. The van der Waals surface area contributed by atoms with E-state index in [4.69, 9.17) is 9.90 Å². The van der Waals surface area contributed by atoms with Gasteiger partial charge in [-0.3, -0.25) is 19.7 Å². The molecule has 0 aromatic rings. The van der Waals surface area contributed by atoms with Gasteiger partial charge in [0.05, 0.1) is 6.04 Å². The van der Waals surface area contributed by atoms with Gasteiger partial charge < -0.3 is 10.4 Å². The fraction of sp³-hybridized carbons (Fsp3) is 0.700. The summed E-state index contributed by atoms with van der Waals surface area (Å²) in [7, 11) is 0. The zero-order chi connectivity index (χ0) is 13.0. The number of piperidine rings is 1. The first-order valence-corrected chi connectivity index (χ1v) is 5.30. The minimum atomic E-state index is -0.250. The van der Waals surface area contributed by atoms with E-state index in [1.807, 2.05) is 20.8 Å². The van der Waals surface area contributed by atoms with Crippen molar-refractivity contribution in [1.29, 1.82) is 0 Å². The summed E-state index contributed by atoms with van der Waals surface area (Å²) >= 11 is 0. The average Bonchev–Trinajstić information content (AvgIpc) is 2.26. The number of nitrogens with one attached hydrogen (secondary N) is 2. The summed E-state index contributed by atoms with van der Waals surface area (Å²) in [5.41, 5.74) is 0. The molecule has 0 aromatic carbocycles. The number of carboxylic acid groups (broad SMARTS) is 1. The maximum absolute atomic E-state index is 11.0. The van der Waals surface area contributed by atoms with Crippen molar-refractivity contribution in [3.63, 3.8) is 0 Å². The third kappa shape index (κ3) is 7.93. The van der Waals surface area contributed by atoms with Crippen LogP contribution in [0, 0.1) is 0 Å². The molecule has 6 heteroatoms. The maximum atomic E-state index is 11.0. The van der Waals surface area contributed by atoms with Crippen molar-refractivity contribution in [2.75, 3.05) is 6.54 Å². The van der Waals surface area contributed by atoms with Crippen molar-refractivity contribution >= 4 is 18.3 Å². The van der Waals surface area contributed by atoms with Crippen molar-refractivity contribution < 1.29 is 19.5 Å². The number of amides is 2. The molecule has 1 aliphatic heterocycles. The molecule has 0 bridgehead atoms. The van der Waals surface area contributed by atoms with Crippen LogP contribution in [-0.4, -0.2) is 36.0 Å². The van der Waals surface area contributed by atoms with E-state index in [1.165, 1.54) is 0 Å². The minimum Gasteiger partial charge on any atom is -0.483 e. The lowest BCUT2D eigenvalue weighted by Gasteiger charge is -2.20. The van der Waals surface area contributed by atoms with Crippen molar-refractivity contribution in [2.45, 2.75) is 39.7 Å². The Morgan fingerprint density at radius 3 is 2.38 bits per heavy atom. The monoisotopic (exact) mass is 232 g/mol. The van der Waals surface area contributed by atoms with Crippen molar-refractivity contribution in [3.05, 3.63) is 0 Å². The largest absolute Gasteiger partial charge is 0.483 e. The van der Waals surface area contributed by atoms with Gasteiger partial charge in [0.25, 0.3) is 6.47 Å². The molecular formula is C10H20N2O4. The first-order valence-electron chi connectivity index (χ1n) is 5.30. The molecule has 3 N–H and O–H groups in total. The lowest BCUT2D eigenvalue weighted by Crippen LogP contribution is -2.50. The Morgan fingerprint density at radius 2 is 2.00 bits per heavy atom. The van der Waals surface area contributed by atoms with Gasteiger partial charge in [-0.15, -0.1) is 0 Å². The number of carbonyl (C=O) groups is 3. The molecule has 1 atom stereocenters. The van der Waals surface area contributed by atoms with Gasteiger partial charge in [-0.2, -0.15) is 0 Å². The Hall–Kier alpha value is -1.43. The van der Waals surface area contributed by atoms with E-state index >= 15 is 0 Å². The summed E-state index contributed by atoms with van der Waals surface area (Å²) in [6.45, 7) is 6.44. The highest BCUT2D eigenvalue weighted by molar-refractivity contribution is 6.00. The van der Waals surface area contributed by atoms with Gasteiger partial charge in [-0.1, -0.05) is 20.8 Å². The second-order valence-electron chi connectivity index (χ2n) is 2.67. The average molecular weight is 232 g/mol. The van der Waals surface area contributed by atoms with Crippen LogP contribution in [0.15, 0.2) is 0 Å². The van der Waals surface area contributed by atoms with Crippen molar-refractivity contribution in [1.82, 2.24) is 10.6 Å². The van der Waals surface area contributed by atoms with E-state index in [0.717, 1.165) is 6.54 Å². The van der Waals surface area contributed by atoms with E-state index in [-0.39, 0.29) is 24.3 Å². The first-order chi connectivity index (χ1) is 7.65. The quantitative estimate of drug-likeness (QED) is 0.464. The fourth-order valence-electron chi connectivity index (χ4n) is 1.13. The van der Waals surface area contributed by atoms with E-state index < -0.39 is 0 Å². The smallest absolute Gasteiger partial charge is 0.290 e. The molecule has 1 fully saturated rings. The number of carbonyl (C=O) groups excluding carboxylic acids is 2. The molecule has 6 nitrogen and oxygen atoms in total. The molecule has 1 unspecified atom stereocenters. The number of hydrogen-bond acceptors (Lipinski definition) is 4. The SMILES string of the molecule is CC.CCNC1CCC(=O)NC1=O.O=CO. The summed E-state index contributed by atoms with van der Waals surface area (Å²) < 4.78 is 0. The molecule has 94 valence electrons. The van der Waals surface area contributed by atoms with E-state index in [0.29, 0.717) is 12.8 Å². The number of likely N-dealkylation sites (N-methyl/N-ethyl adjacent to an activating group) is 1. The van der Waals surface area contributed by atoms with Gasteiger partial charge >= 0.3 is 0 Å². The molecule has 0 saturated carbocycles. The normalized spacial score (nSPS) is 18.3. The predicted octanol–water partition coefficient (Wildman–Crippen LogP) is 0.128. The van der Waals surface area contributed by atoms with E-state index in [9.17, 15) is 9.59 Å². The van der Waals surface area contributed by atoms with Crippen LogP contribution in [0.3, 0.4) is 0 Å². The highest BCUT2D eigenvalue weighted by Crippen LogP contribution is 2.03. The predicted molar refractivity (Wildman–Crippen MR) is 59.9 cm³/mol. The number of hydrogen-bond donors (Lipinski definition) is 3. The summed E-state index contributed by atoms with van der Waals surface area (Å²) in [5.74, 6) is -0.354. The highest BCUT2D eigenvalue weighted by atomic mass is 16.3. The molecule has 2 amide bonds. The third-order valence-electron chi connectivity index (χ3n) is 1.69. The highest BCUT2D eigenvalue weighted by Gasteiger charge is 2.24. The molecule has 1 rings (SSSR count). The topological polar surface area (TPSA) is 95.5 Å². The summed E-state index contributed by atoms with van der Waals surface area (Å²) in [5, 5.41) is 12.2. The Kier molecular flexibility index (Phi) is 12.4. The fourth-order valence-corrected chi connectivity index (χ4v) is 1.13. The van der Waals surface area contributed by atoms with Gasteiger partial charge in [0, 0.05) is 6.42 Å². The van der Waals surface area contributed by atoms with Crippen LogP contribution in [0.25, 0.3) is 0 Å². The van der Waals surface area contributed by atoms with Gasteiger partial charge in [0.1, 0.15) is 0 Å². The van der Waals surface area contributed by atoms with Crippen LogP contribution in [0.4, 0.5) is 0 Å². The molecule has 16 heavy (non-hydrogen) atoms. The third-order valence-corrected chi connectivity index (χ3v) is 1.69. The van der Waals surface area contributed by atoms with E-state index in [2.05, 4.69) is 10.6 Å². The molecule has 1 heterocycles. The maximum Gasteiger partial charge on any atom is 0.290 e. The molecular weight excluding hydrogens is 212 g/mol. The van der Waals surface area contributed by atoms with Crippen LogP contribution < -0.4 is 10.6 Å². The summed E-state index contributed by atoms with van der Waals surface area (Å²) in [6.07, 6.45) is 1.07. The standard InChI is InChI=1S/C7H12N2O2.C2H6.CH2O2/c1-2-8-5-3-4-6(10)9-7(5)11;1-2;2-1-3/h5,8H,2-4H2,1H3,(H,9,10,11);1-2H3;1H,(H,2,3). The number of imide groups is 1. The molecule has 0 aromatic heterocycles. The van der Waals surface area contributed by atoms with Gasteiger partial charge in [0.15, 0.2) is 0 Å². The molecule has 1 saturated heterocycles. The van der Waals surface area contributed by atoms with Gasteiger partial charge in [0.2, 0.25) is 11.8 Å². The lowest BCUT2D eigenvalue weighted by atomic mass is 10.1. The second-order valence-corrected chi connectivity index (χ2v) is 2.67. The molecule has 0 spiro atoms. The van der Waals surface area contributed by atoms with Crippen LogP contribution in [0.1, 0.15) is 33.6 Å². The van der Waals surface area contributed by atoms with Crippen LogP contribution >= 0.6 is 0 Å². The number of rotatable bonds is 2. The Morgan fingerprint density at radius 1 is 1.50 bits per heavy atom. The summed E-state index contributed by atoms with van der Waals surface area (Å²) in [4.78, 5) is 30.0. The Balaban J connectivity index is 0. The van der Waals surface area contributed by atoms with Crippen molar-refractivity contribution in [2.24, 2.45) is 0 Å². The zero-order valence-electron chi connectivity index (χ0n) is 9.95. The second kappa shape index (κ2) is 11.6. The Labute approximate surface area is 95.4 Å². The van der Waals surface area contributed by atoms with Crippen LogP contribution in [0.5, 0.6) is 0 Å². The van der Waals surface area contributed by atoms with Crippen LogP contribution in [-0.2, 0) is 14.4 Å². The van der Waals surface area contributed by atoms with Gasteiger partial charge in [-0.25, -0.2) is 0 Å². The first kappa shape index (κ1) is 17.0. The minimum absolute atomic E-state index is 0.163. The summed E-state index contributed by atoms with van der Waals surface area (Å²) in [6, 6.07) is -0.169. The molecule has 0 aliphatic carbocycles. The lowest BCUT2D eigenvalue weighted by molar-refractivity contribution is -0.134. The Bertz CT molecular complexity index is 219. The van der Waals surface area contributed by atoms with Crippen LogP contribution in [0.2, 0.25) is 0 Å². The van der Waals surface area contributed by atoms with Crippen molar-refractivity contribution in [3.8, 4) is 0 Å². The van der Waals surface area contributed by atoms with Gasteiger partial charge in [-0.05, 0) is 13.0 Å². The van der Waals surface area contributed by atoms with E-state index in [1.54, 1.807) is 0 Å². The molecule has 1 aliphatic rings.